The van der Waals surface area contributed by atoms with Gasteiger partial charge in [0.2, 0.25) is 0 Å². The Morgan fingerprint density at radius 3 is 2.24 bits per heavy atom. The SMILES string of the molecule is O=C(NC(=S)Nc1ccccc1C(=O)O)c1ccccc1. The highest BCUT2D eigenvalue weighted by atomic mass is 32.1. The first-order valence-corrected chi connectivity index (χ1v) is 6.48. The molecule has 2 rings (SSSR count). The van der Waals surface area contributed by atoms with Gasteiger partial charge in [-0.3, -0.25) is 10.1 Å². The molecule has 21 heavy (non-hydrogen) atoms. The van der Waals surface area contributed by atoms with Crippen molar-refractivity contribution in [3.05, 3.63) is 65.7 Å². The van der Waals surface area contributed by atoms with Crippen LogP contribution in [0.25, 0.3) is 0 Å². The molecule has 5 nitrogen and oxygen atoms in total. The third-order valence-electron chi connectivity index (χ3n) is 2.67. The minimum atomic E-state index is -1.07. The summed E-state index contributed by atoms with van der Waals surface area (Å²) in [6.45, 7) is 0. The maximum absolute atomic E-state index is 11.9. The van der Waals surface area contributed by atoms with Crippen molar-refractivity contribution in [3.8, 4) is 0 Å². The Balaban J connectivity index is 2.06. The molecule has 0 spiro atoms. The Kier molecular flexibility index (Phi) is 4.63. The average Bonchev–Trinajstić information content (AvgIpc) is 2.48. The largest absolute Gasteiger partial charge is 0.478 e. The van der Waals surface area contributed by atoms with E-state index in [1.54, 1.807) is 48.5 Å². The number of thiocarbonyl (C=S) groups is 1. The van der Waals surface area contributed by atoms with Crippen molar-refractivity contribution < 1.29 is 14.7 Å². The number of rotatable bonds is 3. The highest BCUT2D eigenvalue weighted by Gasteiger charge is 2.12. The number of nitrogens with one attached hydrogen (secondary N) is 2. The normalized spacial score (nSPS) is 9.71. The van der Waals surface area contributed by atoms with Gasteiger partial charge in [0, 0.05) is 5.56 Å². The summed E-state index contributed by atoms with van der Waals surface area (Å²) in [5.41, 5.74) is 0.866. The molecule has 0 saturated heterocycles. The van der Waals surface area contributed by atoms with Crippen LogP contribution >= 0.6 is 12.2 Å². The van der Waals surface area contributed by atoms with Crippen LogP contribution in [0, 0.1) is 0 Å². The highest BCUT2D eigenvalue weighted by molar-refractivity contribution is 7.80. The molecule has 2 aromatic carbocycles. The van der Waals surface area contributed by atoms with E-state index in [0.29, 0.717) is 11.3 Å². The van der Waals surface area contributed by atoms with E-state index in [1.165, 1.54) is 6.07 Å². The molecular formula is C15H12N2O3S. The van der Waals surface area contributed by atoms with E-state index in [2.05, 4.69) is 10.6 Å². The van der Waals surface area contributed by atoms with Gasteiger partial charge in [-0.2, -0.15) is 0 Å². The van der Waals surface area contributed by atoms with Crippen LogP contribution in [0.15, 0.2) is 54.6 Å². The molecule has 0 radical (unpaired) electrons. The summed E-state index contributed by atoms with van der Waals surface area (Å²) in [6.07, 6.45) is 0. The predicted molar refractivity (Wildman–Crippen MR) is 83.5 cm³/mol. The number of carboxylic acids is 1. The van der Waals surface area contributed by atoms with Crippen LogP contribution < -0.4 is 10.6 Å². The molecule has 0 aromatic heterocycles. The predicted octanol–water partition coefficient (Wildman–Crippen LogP) is 2.51. The van der Waals surface area contributed by atoms with Crippen LogP contribution in [-0.2, 0) is 0 Å². The molecule has 0 heterocycles. The summed E-state index contributed by atoms with van der Waals surface area (Å²) in [5.74, 6) is -1.43. The van der Waals surface area contributed by atoms with Crippen LogP contribution in [0.5, 0.6) is 0 Å². The van der Waals surface area contributed by atoms with E-state index in [-0.39, 0.29) is 16.6 Å². The van der Waals surface area contributed by atoms with Crippen molar-refractivity contribution in [2.75, 3.05) is 5.32 Å². The molecule has 0 unspecified atom stereocenters. The first kappa shape index (κ1) is 14.7. The van der Waals surface area contributed by atoms with Gasteiger partial charge in [-0.1, -0.05) is 30.3 Å². The smallest absolute Gasteiger partial charge is 0.337 e. The Morgan fingerprint density at radius 1 is 0.952 bits per heavy atom. The lowest BCUT2D eigenvalue weighted by Crippen LogP contribution is -2.34. The minimum absolute atomic E-state index is 0.0394. The maximum atomic E-state index is 11.9. The molecule has 2 aromatic rings. The fraction of sp³-hybridized carbons (Fsp3) is 0. The lowest BCUT2D eigenvalue weighted by molar-refractivity contribution is 0.0698. The summed E-state index contributed by atoms with van der Waals surface area (Å²) >= 11 is 5.02. The highest BCUT2D eigenvalue weighted by Crippen LogP contribution is 2.14. The van der Waals surface area contributed by atoms with Crippen LogP contribution in [0.1, 0.15) is 20.7 Å². The van der Waals surface area contributed by atoms with Gasteiger partial charge in [-0.15, -0.1) is 0 Å². The van der Waals surface area contributed by atoms with Gasteiger partial charge in [0.1, 0.15) is 0 Å². The van der Waals surface area contributed by atoms with Crippen molar-refractivity contribution in [1.29, 1.82) is 0 Å². The lowest BCUT2D eigenvalue weighted by atomic mass is 10.2. The molecule has 6 heteroatoms. The van der Waals surface area contributed by atoms with Gasteiger partial charge in [-0.25, -0.2) is 4.79 Å². The van der Waals surface area contributed by atoms with Crippen molar-refractivity contribution in [2.45, 2.75) is 0 Å². The first-order chi connectivity index (χ1) is 10.1. The molecule has 0 saturated carbocycles. The zero-order valence-electron chi connectivity index (χ0n) is 10.9. The quantitative estimate of drug-likeness (QED) is 0.759. The van der Waals surface area contributed by atoms with E-state index < -0.39 is 5.97 Å². The van der Waals surface area contributed by atoms with Gasteiger partial charge in [0.05, 0.1) is 11.3 Å². The summed E-state index contributed by atoms with van der Waals surface area (Å²) in [6, 6.07) is 14.9. The molecule has 0 aliphatic rings. The van der Waals surface area contributed by atoms with Crippen LogP contribution in [-0.4, -0.2) is 22.1 Å². The Bertz CT molecular complexity index is 686. The van der Waals surface area contributed by atoms with Crippen LogP contribution in [0.3, 0.4) is 0 Å². The number of para-hydroxylation sites is 1. The summed E-state index contributed by atoms with van der Waals surface area (Å²) < 4.78 is 0. The number of hydrogen-bond donors (Lipinski definition) is 3. The summed E-state index contributed by atoms with van der Waals surface area (Å²) in [7, 11) is 0. The Labute approximate surface area is 126 Å². The van der Waals surface area contributed by atoms with Gasteiger partial charge in [0.25, 0.3) is 5.91 Å². The molecule has 106 valence electrons. The number of carboxylic acid groups (broad SMARTS) is 1. The average molecular weight is 300 g/mol. The fourth-order valence-electron chi connectivity index (χ4n) is 1.70. The van der Waals surface area contributed by atoms with Gasteiger partial charge in [-0.05, 0) is 36.5 Å². The maximum Gasteiger partial charge on any atom is 0.337 e. The second-order valence-corrected chi connectivity index (χ2v) is 4.53. The van der Waals surface area contributed by atoms with Crippen molar-refractivity contribution >= 4 is 34.9 Å². The minimum Gasteiger partial charge on any atom is -0.478 e. The van der Waals surface area contributed by atoms with Gasteiger partial charge >= 0.3 is 5.97 Å². The summed E-state index contributed by atoms with van der Waals surface area (Å²) in [5, 5.41) is 14.3. The second kappa shape index (κ2) is 6.62. The molecule has 0 fully saturated rings. The first-order valence-electron chi connectivity index (χ1n) is 6.07. The number of carbonyl (C=O) groups is 2. The standard InChI is InChI=1S/C15H12N2O3S/c18-13(10-6-2-1-3-7-10)17-15(21)16-12-9-5-4-8-11(12)14(19)20/h1-9H,(H,19,20)(H2,16,17,18,21). The molecule has 1 amide bonds. The second-order valence-electron chi connectivity index (χ2n) is 4.13. The molecule has 0 atom stereocenters. The van der Waals surface area contributed by atoms with E-state index in [9.17, 15) is 9.59 Å². The van der Waals surface area contributed by atoms with Crippen molar-refractivity contribution in [1.82, 2.24) is 5.32 Å². The number of anilines is 1. The lowest BCUT2D eigenvalue weighted by Gasteiger charge is -2.11. The molecule has 0 bridgehead atoms. The van der Waals surface area contributed by atoms with Crippen molar-refractivity contribution in [2.24, 2.45) is 0 Å². The van der Waals surface area contributed by atoms with E-state index >= 15 is 0 Å². The molecule has 0 aliphatic heterocycles. The number of amides is 1. The molecule has 0 aliphatic carbocycles. The van der Waals surface area contributed by atoms with Crippen LogP contribution in [0.2, 0.25) is 0 Å². The van der Waals surface area contributed by atoms with Crippen molar-refractivity contribution in [3.63, 3.8) is 0 Å². The van der Waals surface area contributed by atoms with E-state index in [0.717, 1.165) is 0 Å². The third-order valence-corrected chi connectivity index (χ3v) is 2.87. The monoisotopic (exact) mass is 300 g/mol. The molecule has 3 N–H and O–H groups in total. The topological polar surface area (TPSA) is 78.4 Å². The number of hydrogen-bond acceptors (Lipinski definition) is 3. The number of benzene rings is 2. The zero-order valence-corrected chi connectivity index (χ0v) is 11.7. The zero-order chi connectivity index (χ0) is 15.2. The van der Waals surface area contributed by atoms with Gasteiger partial charge in [0.15, 0.2) is 5.11 Å². The number of carbonyl (C=O) groups excluding carboxylic acids is 1. The van der Waals surface area contributed by atoms with Gasteiger partial charge < -0.3 is 10.4 Å². The van der Waals surface area contributed by atoms with Crippen LogP contribution in [0.4, 0.5) is 5.69 Å². The Morgan fingerprint density at radius 2 is 1.57 bits per heavy atom. The third kappa shape index (κ3) is 3.87. The summed E-state index contributed by atoms with van der Waals surface area (Å²) in [4.78, 5) is 23.0. The van der Waals surface area contributed by atoms with E-state index in [1.807, 2.05) is 0 Å². The fourth-order valence-corrected chi connectivity index (χ4v) is 1.90. The number of aromatic carboxylic acids is 1. The molecular weight excluding hydrogens is 288 g/mol. The Hall–Kier alpha value is -2.73. The van der Waals surface area contributed by atoms with E-state index in [4.69, 9.17) is 17.3 Å².